The molecule has 98 valence electrons. The lowest BCUT2D eigenvalue weighted by molar-refractivity contribution is 0.318. The molecule has 1 aromatic rings. The Kier molecular flexibility index (Phi) is 3.96. The maximum Gasteiger partial charge on any atom is 0.192 e. The molecule has 1 aliphatic rings. The summed E-state index contributed by atoms with van der Waals surface area (Å²) in [6.45, 7) is 0.935. The summed E-state index contributed by atoms with van der Waals surface area (Å²) < 4.78 is 0. The predicted molar refractivity (Wildman–Crippen MR) is 69.8 cm³/mol. The van der Waals surface area contributed by atoms with Gasteiger partial charge in [-0.25, -0.2) is 9.97 Å². The Labute approximate surface area is 107 Å². The van der Waals surface area contributed by atoms with Crippen LogP contribution in [-0.4, -0.2) is 34.6 Å². The highest BCUT2D eigenvalue weighted by atomic mass is 16.4. The van der Waals surface area contributed by atoms with Crippen LogP contribution in [-0.2, 0) is 0 Å². The standard InChI is InChI=1S/C12H19N5O/c1-17(8-9-4-2-3-5-9)12-10(11(13)16-18)14-6-7-15-12/h6-7,9,18H,2-5,8H2,1H3,(H2,13,16). The van der Waals surface area contributed by atoms with Crippen LogP contribution >= 0.6 is 0 Å². The van der Waals surface area contributed by atoms with Crippen molar-refractivity contribution < 1.29 is 5.21 Å². The number of nitrogens with two attached hydrogens (primary N) is 1. The van der Waals surface area contributed by atoms with Crippen LogP contribution in [0, 0.1) is 5.92 Å². The van der Waals surface area contributed by atoms with E-state index in [2.05, 4.69) is 15.1 Å². The van der Waals surface area contributed by atoms with Gasteiger partial charge in [0, 0.05) is 26.0 Å². The fraction of sp³-hybridized carbons (Fsp3) is 0.583. The Balaban J connectivity index is 2.16. The number of amidine groups is 1. The van der Waals surface area contributed by atoms with Gasteiger partial charge in [0.25, 0.3) is 0 Å². The van der Waals surface area contributed by atoms with Crippen molar-refractivity contribution in [2.24, 2.45) is 16.8 Å². The Morgan fingerprint density at radius 1 is 1.44 bits per heavy atom. The van der Waals surface area contributed by atoms with Gasteiger partial charge in [0.2, 0.25) is 0 Å². The van der Waals surface area contributed by atoms with Crippen molar-refractivity contribution >= 4 is 11.7 Å². The number of hydrogen-bond donors (Lipinski definition) is 2. The van der Waals surface area contributed by atoms with Gasteiger partial charge >= 0.3 is 0 Å². The molecule has 18 heavy (non-hydrogen) atoms. The number of hydrogen-bond acceptors (Lipinski definition) is 5. The molecule has 0 radical (unpaired) electrons. The van der Waals surface area contributed by atoms with Gasteiger partial charge in [-0.05, 0) is 18.8 Å². The van der Waals surface area contributed by atoms with Crippen LogP contribution < -0.4 is 10.6 Å². The molecule has 0 amide bonds. The summed E-state index contributed by atoms with van der Waals surface area (Å²) in [5.41, 5.74) is 6.04. The van der Waals surface area contributed by atoms with Gasteiger partial charge in [-0.2, -0.15) is 0 Å². The van der Waals surface area contributed by atoms with Crippen LogP contribution in [0.2, 0.25) is 0 Å². The van der Waals surface area contributed by atoms with E-state index in [1.54, 1.807) is 12.4 Å². The summed E-state index contributed by atoms with van der Waals surface area (Å²) in [5.74, 6) is 1.37. The maximum absolute atomic E-state index is 8.76. The van der Waals surface area contributed by atoms with Gasteiger partial charge in [0.15, 0.2) is 17.3 Å². The van der Waals surface area contributed by atoms with E-state index in [0.29, 0.717) is 17.4 Å². The Morgan fingerprint density at radius 3 is 2.78 bits per heavy atom. The molecule has 3 N–H and O–H groups in total. The molecule has 1 saturated carbocycles. The Hall–Kier alpha value is -1.85. The third-order valence-corrected chi connectivity index (χ3v) is 3.40. The smallest absolute Gasteiger partial charge is 0.192 e. The molecule has 1 aromatic heterocycles. The van der Waals surface area contributed by atoms with Crippen LogP contribution in [0.15, 0.2) is 17.5 Å². The third-order valence-electron chi connectivity index (χ3n) is 3.40. The molecule has 0 aromatic carbocycles. The van der Waals surface area contributed by atoms with Crippen molar-refractivity contribution in [2.75, 3.05) is 18.5 Å². The third kappa shape index (κ3) is 2.69. The number of oxime groups is 1. The van der Waals surface area contributed by atoms with Crippen molar-refractivity contribution in [1.82, 2.24) is 9.97 Å². The van der Waals surface area contributed by atoms with E-state index in [1.807, 2.05) is 11.9 Å². The monoisotopic (exact) mass is 249 g/mol. The summed E-state index contributed by atoms with van der Waals surface area (Å²) in [7, 11) is 1.97. The molecule has 0 atom stereocenters. The normalized spacial score (nSPS) is 17.1. The number of nitrogens with zero attached hydrogens (tertiary/aromatic N) is 4. The average Bonchev–Trinajstić information content (AvgIpc) is 2.90. The minimum absolute atomic E-state index is 0.00336. The average molecular weight is 249 g/mol. The van der Waals surface area contributed by atoms with E-state index in [4.69, 9.17) is 10.9 Å². The van der Waals surface area contributed by atoms with Crippen LogP contribution in [0.4, 0.5) is 5.82 Å². The van der Waals surface area contributed by atoms with Gasteiger partial charge in [-0.1, -0.05) is 18.0 Å². The Bertz CT molecular complexity index is 428. The van der Waals surface area contributed by atoms with Gasteiger partial charge in [0.05, 0.1) is 0 Å². The molecule has 0 aliphatic heterocycles. The van der Waals surface area contributed by atoms with E-state index >= 15 is 0 Å². The van der Waals surface area contributed by atoms with E-state index < -0.39 is 0 Å². The van der Waals surface area contributed by atoms with Crippen molar-refractivity contribution in [1.29, 1.82) is 0 Å². The first-order chi connectivity index (χ1) is 8.72. The summed E-state index contributed by atoms with van der Waals surface area (Å²) >= 11 is 0. The van der Waals surface area contributed by atoms with Gasteiger partial charge in [0.1, 0.15) is 0 Å². The van der Waals surface area contributed by atoms with Crippen LogP contribution in [0.1, 0.15) is 31.4 Å². The maximum atomic E-state index is 8.76. The summed E-state index contributed by atoms with van der Waals surface area (Å²) in [6.07, 6.45) is 8.32. The summed E-state index contributed by atoms with van der Waals surface area (Å²) in [5, 5.41) is 11.8. The van der Waals surface area contributed by atoms with E-state index in [-0.39, 0.29) is 5.84 Å². The van der Waals surface area contributed by atoms with E-state index in [0.717, 1.165) is 6.54 Å². The van der Waals surface area contributed by atoms with E-state index in [1.165, 1.54) is 25.7 Å². The first kappa shape index (κ1) is 12.6. The molecule has 6 heteroatoms. The van der Waals surface area contributed by atoms with Crippen molar-refractivity contribution in [3.05, 3.63) is 18.1 Å². The molecule has 0 saturated heterocycles. The molecular formula is C12H19N5O. The zero-order chi connectivity index (χ0) is 13.0. The fourth-order valence-corrected chi connectivity index (χ4v) is 2.50. The minimum Gasteiger partial charge on any atom is -0.409 e. The number of anilines is 1. The minimum atomic E-state index is -0.00336. The zero-order valence-corrected chi connectivity index (χ0v) is 10.6. The molecule has 1 aliphatic carbocycles. The molecule has 0 spiro atoms. The second-order valence-electron chi connectivity index (χ2n) is 4.74. The number of aromatic nitrogens is 2. The second kappa shape index (κ2) is 5.66. The first-order valence-corrected chi connectivity index (χ1v) is 6.22. The molecule has 6 nitrogen and oxygen atoms in total. The summed E-state index contributed by atoms with van der Waals surface area (Å²) in [6, 6.07) is 0. The molecule has 1 fully saturated rings. The molecule has 1 heterocycles. The topological polar surface area (TPSA) is 87.6 Å². The van der Waals surface area contributed by atoms with Gasteiger partial charge in [-0.3, -0.25) is 0 Å². The lowest BCUT2D eigenvalue weighted by Gasteiger charge is -2.23. The fourth-order valence-electron chi connectivity index (χ4n) is 2.50. The van der Waals surface area contributed by atoms with Crippen molar-refractivity contribution in [3.8, 4) is 0 Å². The molecule has 2 rings (SSSR count). The highest BCUT2D eigenvalue weighted by Crippen LogP contribution is 2.26. The van der Waals surface area contributed by atoms with Crippen LogP contribution in [0.5, 0.6) is 0 Å². The number of rotatable bonds is 4. The lowest BCUT2D eigenvalue weighted by Crippen LogP contribution is -2.29. The van der Waals surface area contributed by atoms with Gasteiger partial charge < -0.3 is 15.8 Å². The molecule has 0 bridgehead atoms. The molecular weight excluding hydrogens is 230 g/mol. The van der Waals surface area contributed by atoms with E-state index in [9.17, 15) is 0 Å². The molecule has 0 unspecified atom stereocenters. The zero-order valence-electron chi connectivity index (χ0n) is 10.6. The quantitative estimate of drug-likeness (QED) is 0.362. The van der Waals surface area contributed by atoms with Crippen molar-refractivity contribution in [3.63, 3.8) is 0 Å². The second-order valence-corrected chi connectivity index (χ2v) is 4.74. The summed E-state index contributed by atoms with van der Waals surface area (Å²) in [4.78, 5) is 10.4. The lowest BCUT2D eigenvalue weighted by atomic mass is 10.1. The van der Waals surface area contributed by atoms with Crippen LogP contribution in [0.25, 0.3) is 0 Å². The predicted octanol–water partition coefficient (Wildman–Crippen LogP) is 1.20. The first-order valence-electron chi connectivity index (χ1n) is 6.22. The SMILES string of the molecule is CN(CC1CCCC1)c1nccnc1C(N)=NO. The van der Waals surface area contributed by atoms with Gasteiger partial charge in [-0.15, -0.1) is 0 Å². The Morgan fingerprint density at radius 2 is 2.11 bits per heavy atom. The highest BCUT2D eigenvalue weighted by Gasteiger charge is 2.20. The largest absolute Gasteiger partial charge is 0.409 e. The van der Waals surface area contributed by atoms with Crippen molar-refractivity contribution in [2.45, 2.75) is 25.7 Å². The highest BCUT2D eigenvalue weighted by molar-refractivity contribution is 5.99. The van der Waals surface area contributed by atoms with Crippen LogP contribution in [0.3, 0.4) is 0 Å².